The predicted octanol–water partition coefficient (Wildman–Crippen LogP) is 3.71. The molecule has 0 aromatic heterocycles. The number of rotatable bonds is 5. The second-order valence-corrected chi connectivity index (χ2v) is 7.10. The summed E-state index contributed by atoms with van der Waals surface area (Å²) < 4.78 is -0.893. The maximum Gasteiger partial charge on any atom is 0.229 e. The van der Waals surface area contributed by atoms with Gasteiger partial charge in [0.1, 0.15) is 4.33 Å². The average Bonchev–Trinajstić information content (AvgIpc) is 2.89. The van der Waals surface area contributed by atoms with Gasteiger partial charge in [0.05, 0.1) is 5.41 Å². The lowest BCUT2D eigenvalue weighted by Crippen LogP contribution is -2.39. The highest BCUT2D eigenvalue weighted by Gasteiger charge is 2.67. The first kappa shape index (κ1) is 14.7. The van der Waals surface area contributed by atoms with Crippen molar-refractivity contribution in [1.82, 2.24) is 5.32 Å². The number of hydrogen-bond donors (Lipinski definition) is 1. The van der Waals surface area contributed by atoms with Gasteiger partial charge in [-0.15, -0.1) is 23.2 Å². The SMILES string of the molecule is CC(CCc1ccccc1)NC(=O)C1(C)CC1(Cl)Cl. The van der Waals surface area contributed by atoms with Crippen molar-refractivity contribution in [3.05, 3.63) is 35.9 Å². The monoisotopic (exact) mass is 299 g/mol. The van der Waals surface area contributed by atoms with Crippen LogP contribution in [0.15, 0.2) is 30.3 Å². The van der Waals surface area contributed by atoms with E-state index in [1.165, 1.54) is 5.56 Å². The fourth-order valence-electron chi connectivity index (χ4n) is 2.13. The zero-order valence-electron chi connectivity index (χ0n) is 11.2. The van der Waals surface area contributed by atoms with Crippen LogP contribution in [-0.2, 0) is 11.2 Å². The van der Waals surface area contributed by atoms with Crippen molar-refractivity contribution >= 4 is 29.1 Å². The van der Waals surface area contributed by atoms with E-state index in [2.05, 4.69) is 17.4 Å². The first-order valence-corrected chi connectivity index (χ1v) is 7.33. The minimum atomic E-state index is -0.893. The quantitative estimate of drug-likeness (QED) is 0.825. The third-order valence-electron chi connectivity index (χ3n) is 3.85. The highest BCUT2D eigenvalue weighted by molar-refractivity contribution is 6.53. The fourth-order valence-corrected chi connectivity index (χ4v) is 2.84. The smallest absolute Gasteiger partial charge is 0.229 e. The summed E-state index contributed by atoms with van der Waals surface area (Å²) in [7, 11) is 0. The number of hydrogen-bond acceptors (Lipinski definition) is 1. The first-order valence-electron chi connectivity index (χ1n) is 6.58. The molecule has 2 nitrogen and oxygen atoms in total. The number of aryl methyl sites for hydroxylation is 1. The molecule has 104 valence electrons. The van der Waals surface area contributed by atoms with E-state index in [1.807, 2.05) is 32.0 Å². The zero-order chi connectivity index (χ0) is 14.1. The molecule has 1 amide bonds. The highest BCUT2D eigenvalue weighted by atomic mass is 35.5. The number of carbonyl (C=O) groups excluding carboxylic acids is 1. The van der Waals surface area contributed by atoms with Crippen LogP contribution in [0.5, 0.6) is 0 Å². The molecule has 0 aliphatic heterocycles. The molecular formula is C15H19Cl2NO. The minimum Gasteiger partial charge on any atom is -0.353 e. The van der Waals surface area contributed by atoms with Crippen LogP contribution < -0.4 is 5.32 Å². The first-order chi connectivity index (χ1) is 8.85. The van der Waals surface area contributed by atoms with Crippen LogP contribution in [0, 0.1) is 5.41 Å². The van der Waals surface area contributed by atoms with Gasteiger partial charge < -0.3 is 5.32 Å². The zero-order valence-corrected chi connectivity index (χ0v) is 12.8. The van der Waals surface area contributed by atoms with Gasteiger partial charge in [-0.05, 0) is 38.7 Å². The standard InChI is InChI=1S/C15H19Cl2NO/c1-11(8-9-12-6-4-3-5-7-12)18-13(19)14(2)10-15(14,16)17/h3-7,11H,8-10H2,1-2H3,(H,18,19). The molecule has 2 atom stereocenters. The maximum atomic E-state index is 12.1. The molecule has 0 radical (unpaired) electrons. The Balaban J connectivity index is 1.79. The van der Waals surface area contributed by atoms with E-state index in [0.717, 1.165) is 12.8 Å². The molecule has 2 rings (SSSR count). The second-order valence-electron chi connectivity index (χ2n) is 5.61. The Labute approximate surface area is 124 Å². The van der Waals surface area contributed by atoms with Crippen LogP contribution in [0.3, 0.4) is 0 Å². The van der Waals surface area contributed by atoms with Crippen LogP contribution in [0.4, 0.5) is 0 Å². The van der Waals surface area contributed by atoms with Gasteiger partial charge in [0.2, 0.25) is 5.91 Å². The normalized spacial score (nSPS) is 25.7. The lowest BCUT2D eigenvalue weighted by Gasteiger charge is -2.18. The average molecular weight is 300 g/mol. The van der Waals surface area contributed by atoms with Crippen LogP contribution >= 0.6 is 23.2 Å². The van der Waals surface area contributed by atoms with E-state index in [-0.39, 0.29) is 11.9 Å². The molecule has 1 N–H and O–H groups in total. The van der Waals surface area contributed by atoms with Gasteiger partial charge in [0.25, 0.3) is 0 Å². The summed E-state index contributed by atoms with van der Waals surface area (Å²) in [5, 5.41) is 3.00. The lowest BCUT2D eigenvalue weighted by molar-refractivity contribution is -0.126. The van der Waals surface area contributed by atoms with Crippen molar-refractivity contribution in [3.63, 3.8) is 0 Å². The Kier molecular flexibility index (Phi) is 4.12. The maximum absolute atomic E-state index is 12.1. The van der Waals surface area contributed by atoms with Crippen LogP contribution in [0.2, 0.25) is 0 Å². The van der Waals surface area contributed by atoms with Crippen LogP contribution in [0.25, 0.3) is 0 Å². The number of amides is 1. The number of alkyl halides is 2. The van der Waals surface area contributed by atoms with Crippen LogP contribution in [-0.4, -0.2) is 16.3 Å². The molecule has 19 heavy (non-hydrogen) atoms. The molecule has 0 spiro atoms. The van der Waals surface area contributed by atoms with Gasteiger partial charge in [-0.3, -0.25) is 4.79 Å². The molecular weight excluding hydrogens is 281 g/mol. The van der Waals surface area contributed by atoms with E-state index in [0.29, 0.717) is 6.42 Å². The molecule has 2 unspecified atom stereocenters. The largest absolute Gasteiger partial charge is 0.353 e. The molecule has 1 aromatic carbocycles. The summed E-state index contributed by atoms with van der Waals surface area (Å²) >= 11 is 12.0. The summed E-state index contributed by atoms with van der Waals surface area (Å²) in [5.74, 6) is -0.0435. The van der Waals surface area contributed by atoms with Gasteiger partial charge in [0, 0.05) is 6.04 Å². The van der Waals surface area contributed by atoms with Gasteiger partial charge >= 0.3 is 0 Å². The number of halogens is 2. The summed E-state index contributed by atoms with van der Waals surface area (Å²) in [5.41, 5.74) is 0.655. The molecule has 0 heterocycles. The topological polar surface area (TPSA) is 29.1 Å². The van der Waals surface area contributed by atoms with Gasteiger partial charge in [0.15, 0.2) is 0 Å². The van der Waals surface area contributed by atoms with Crippen LogP contribution in [0.1, 0.15) is 32.3 Å². The molecule has 1 aliphatic carbocycles. The molecule has 0 bridgehead atoms. The molecule has 0 saturated heterocycles. The predicted molar refractivity (Wildman–Crippen MR) is 79.5 cm³/mol. The molecule has 1 aliphatic rings. The number of carbonyl (C=O) groups is 1. The molecule has 1 fully saturated rings. The van der Waals surface area contributed by atoms with Crippen molar-refractivity contribution in [2.45, 2.75) is 43.5 Å². The number of benzene rings is 1. The lowest BCUT2D eigenvalue weighted by atomic mass is 10.0. The highest BCUT2D eigenvalue weighted by Crippen LogP contribution is 2.63. The summed E-state index contributed by atoms with van der Waals surface area (Å²) in [6.45, 7) is 3.82. The molecule has 4 heteroatoms. The Hall–Kier alpha value is -0.730. The third-order valence-corrected chi connectivity index (χ3v) is 4.95. The summed E-state index contributed by atoms with van der Waals surface area (Å²) in [6, 6.07) is 10.4. The van der Waals surface area contributed by atoms with E-state index < -0.39 is 9.75 Å². The fraction of sp³-hybridized carbons (Fsp3) is 0.533. The van der Waals surface area contributed by atoms with Gasteiger partial charge in [-0.2, -0.15) is 0 Å². The van der Waals surface area contributed by atoms with Crippen molar-refractivity contribution in [1.29, 1.82) is 0 Å². The third kappa shape index (κ3) is 3.24. The van der Waals surface area contributed by atoms with Crippen molar-refractivity contribution in [2.75, 3.05) is 0 Å². The van der Waals surface area contributed by atoms with Crippen molar-refractivity contribution in [2.24, 2.45) is 5.41 Å². The summed E-state index contributed by atoms with van der Waals surface area (Å²) in [4.78, 5) is 12.1. The Morgan fingerprint density at radius 1 is 1.37 bits per heavy atom. The Morgan fingerprint density at radius 3 is 2.47 bits per heavy atom. The van der Waals surface area contributed by atoms with E-state index in [1.54, 1.807) is 0 Å². The van der Waals surface area contributed by atoms with Crippen molar-refractivity contribution < 1.29 is 4.79 Å². The van der Waals surface area contributed by atoms with Gasteiger partial charge in [-0.1, -0.05) is 30.3 Å². The van der Waals surface area contributed by atoms with Crippen molar-refractivity contribution in [3.8, 4) is 0 Å². The molecule has 1 aromatic rings. The van der Waals surface area contributed by atoms with E-state index in [9.17, 15) is 4.79 Å². The second kappa shape index (κ2) is 5.34. The number of nitrogens with one attached hydrogen (secondary N) is 1. The summed E-state index contributed by atoms with van der Waals surface area (Å²) in [6.07, 6.45) is 2.38. The Morgan fingerprint density at radius 2 is 1.95 bits per heavy atom. The van der Waals surface area contributed by atoms with E-state index in [4.69, 9.17) is 23.2 Å². The van der Waals surface area contributed by atoms with E-state index >= 15 is 0 Å². The minimum absolute atomic E-state index is 0.0435. The Bertz CT molecular complexity index is 460. The van der Waals surface area contributed by atoms with Gasteiger partial charge in [-0.25, -0.2) is 0 Å². The molecule has 1 saturated carbocycles.